The van der Waals surface area contributed by atoms with Crippen LogP contribution in [0.1, 0.15) is 30.0 Å². The number of fused-ring (bicyclic) bond motifs is 1. The van der Waals surface area contributed by atoms with Gasteiger partial charge in [0.05, 0.1) is 6.04 Å². The highest BCUT2D eigenvalue weighted by molar-refractivity contribution is 9.10. The highest BCUT2D eigenvalue weighted by Gasteiger charge is 2.23. The van der Waals surface area contributed by atoms with Gasteiger partial charge in [0, 0.05) is 28.1 Å². The summed E-state index contributed by atoms with van der Waals surface area (Å²) in [5.41, 5.74) is 3.01. The molecule has 7 heteroatoms. The maximum atomic E-state index is 12.1. The molecule has 5 nitrogen and oxygen atoms in total. The Kier molecular flexibility index (Phi) is 6.16. The lowest BCUT2D eigenvalue weighted by Gasteiger charge is -2.14. The zero-order valence-corrected chi connectivity index (χ0v) is 16.4. The van der Waals surface area contributed by atoms with Crippen molar-refractivity contribution in [1.29, 1.82) is 0 Å². The smallest absolute Gasteiger partial charge is 0.319 e. The molecule has 3 rings (SSSR count). The summed E-state index contributed by atoms with van der Waals surface area (Å²) in [6.07, 6.45) is 2.01. The summed E-state index contributed by atoms with van der Waals surface area (Å²) in [7, 11) is 0. The standard InChI is InChI=1S/C19H19BrClN3O2/c20-13-2-5-15(6-3-13)23-19(26)22-10-9-18(25)24-17-8-1-12-11-14(21)4-7-16(12)17/h2-7,11,17H,1,8-10H2,(H,24,25)(H2,22,23,26). The fourth-order valence-electron chi connectivity index (χ4n) is 3.00. The number of carbonyl (C=O) groups excluding carboxylic acids is 2. The van der Waals surface area contributed by atoms with Gasteiger partial charge in [0.25, 0.3) is 0 Å². The number of nitrogens with one attached hydrogen (secondary N) is 3. The van der Waals surface area contributed by atoms with E-state index >= 15 is 0 Å². The van der Waals surface area contributed by atoms with E-state index in [1.54, 1.807) is 12.1 Å². The maximum absolute atomic E-state index is 12.1. The number of rotatable bonds is 5. The lowest BCUT2D eigenvalue weighted by atomic mass is 10.1. The summed E-state index contributed by atoms with van der Waals surface area (Å²) in [5.74, 6) is -0.0817. The topological polar surface area (TPSA) is 70.2 Å². The number of urea groups is 1. The predicted octanol–water partition coefficient (Wildman–Crippen LogP) is 4.42. The molecule has 0 saturated carbocycles. The Bertz CT molecular complexity index is 811. The van der Waals surface area contributed by atoms with E-state index < -0.39 is 0 Å². The number of hydrogen-bond donors (Lipinski definition) is 3. The summed E-state index contributed by atoms with van der Waals surface area (Å²) < 4.78 is 0.941. The Hall–Kier alpha value is -2.05. The fraction of sp³-hybridized carbons (Fsp3) is 0.263. The van der Waals surface area contributed by atoms with Gasteiger partial charge in [-0.3, -0.25) is 4.79 Å². The van der Waals surface area contributed by atoms with Crippen molar-refractivity contribution in [1.82, 2.24) is 10.6 Å². The van der Waals surface area contributed by atoms with Gasteiger partial charge in [0.15, 0.2) is 0 Å². The Balaban J connectivity index is 1.41. The van der Waals surface area contributed by atoms with Crippen LogP contribution in [0.25, 0.3) is 0 Å². The second kappa shape index (κ2) is 8.56. The number of halogens is 2. The van der Waals surface area contributed by atoms with Gasteiger partial charge in [-0.15, -0.1) is 0 Å². The van der Waals surface area contributed by atoms with Crippen LogP contribution in [0.3, 0.4) is 0 Å². The molecule has 3 amide bonds. The SMILES string of the molecule is O=C(CCNC(=O)Nc1ccc(Br)cc1)NC1CCc2cc(Cl)ccc21. The van der Waals surface area contributed by atoms with Crippen molar-refractivity contribution in [2.75, 3.05) is 11.9 Å². The average Bonchev–Trinajstić information content (AvgIpc) is 2.99. The largest absolute Gasteiger partial charge is 0.349 e. The maximum Gasteiger partial charge on any atom is 0.319 e. The van der Waals surface area contributed by atoms with Crippen LogP contribution >= 0.6 is 27.5 Å². The zero-order chi connectivity index (χ0) is 18.5. The van der Waals surface area contributed by atoms with Gasteiger partial charge in [0.2, 0.25) is 5.91 Å². The molecule has 1 aliphatic carbocycles. The van der Waals surface area contributed by atoms with E-state index in [1.807, 2.05) is 30.3 Å². The van der Waals surface area contributed by atoms with Crippen molar-refractivity contribution in [3.05, 3.63) is 63.1 Å². The summed E-state index contributed by atoms with van der Waals surface area (Å²) in [6, 6.07) is 12.7. The van der Waals surface area contributed by atoms with Crippen LogP contribution in [0.2, 0.25) is 5.02 Å². The molecule has 0 aliphatic heterocycles. The molecule has 1 atom stereocenters. The third-order valence-electron chi connectivity index (χ3n) is 4.26. The van der Waals surface area contributed by atoms with E-state index in [4.69, 9.17) is 11.6 Å². The van der Waals surface area contributed by atoms with E-state index in [1.165, 1.54) is 5.56 Å². The minimum Gasteiger partial charge on any atom is -0.349 e. The third-order valence-corrected chi connectivity index (χ3v) is 5.02. The van der Waals surface area contributed by atoms with E-state index in [0.29, 0.717) is 5.69 Å². The van der Waals surface area contributed by atoms with Gasteiger partial charge in [-0.05, 0) is 60.4 Å². The van der Waals surface area contributed by atoms with Gasteiger partial charge in [-0.1, -0.05) is 33.6 Å². The molecular formula is C19H19BrClN3O2. The van der Waals surface area contributed by atoms with E-state index in [-0.39, 0.29) is 30.9 Å². The van der Waals surface area contributed by atoms with Crippen LogP contribution in [0.15, 0.2) is 46.9 Å². The van der Waals surface area contributed by atoms with Gasteiger partial charge < -0.3 is 16.0 Å². The minimum absolute atomic E-state index is 0.0198. The summed E-state index contributed by atoms with van der Waals surface area (Å²) in [4.78, 5) is 24.0. The molecule has 0 saturated heterocycles. The quantitative estimate of drug-likeness (QED) is 0.649. The van der Waals surface area contributed by atoms with Crippen molar-refractivity contribution in [3.63, 3.8) is 0 Å². The molecule has 0 fully saturated rings. The number of carbonyl (C=O) groups is 2. The first kappa shape index (κ1) is 18.7. The second-order valence-electron chi connectivity index (χ2n) is 6.14. The van der Waals surface area contributed by atoms with E-state index in [2.05, 4.69) is 31.9 Å². The Morgan fingerprint density at radius 1 is 1.15 bits per heavy atom. The zero-order valence-electron chi connectivity index (χ0n) is 14.0. The lowest BCUT2D eigenvalue weighted by molar-refractivity contribution is -0.121. The number of anilines is 1. The van der Waals surface area contributed by atoms with Crippen molar-refractivity contribution >= 4 is 45.2 Å². The molecule has 1 aliphatic rings. The van der Waals surface area contributed by atoms with Crippen LogP contribution in [-0.4, -0.2) is 18.5 Å². The predicted molar refractivity (Wildman–Crippen MR) is 106 cm³/mol. The van der Waals surface area contributed by atoms with Crippen molar-refractivity contribution in [2.45, 2.75) is 25.3 Å². The van der Waals surface area contributed by atoms with Gasteiger partial charge in [-0.25, -0.2) is 4.79 Å². The van der Waals surface area contributed by atoms with E-state index in [9.17, 15) is 9.59 Å². The van der Waals surface area contributed by atoms with Crippen LogP contribution in [-0.2, 0) is 11.2 Å². The molecule has 0 radical (unpaired) electrons. The first-order valence-corrected chi connectivity index (χ1v) is 9.56. The normalized spacial score (nSPS) is 15.2. The van der Waals surface area contributed by atoms with Crippen LogP contribution < -0.4 is 16.0 Å². The van der Waals surface area contributed by atoms with Crippen LogP contribution in [0.5, 0.6) is 0 Å². The molecule has 3 N–H and O–H groups in total. The summed E-state index contributed by atoms with van der Waals surface area (Å²) in [5, 5.41) is 9.15. The van der Waals surface area contributed by atoms with Crippen molar-refractivity contribution < 1.29 is 9.59 Å². The molecule has 0 heterocycles. The number of amides is 3. The van der Waals surface area contributed by atoms with Gasteiger partial charge in [0.1, 0.15) is 0 Å². The second-order valence-corrected chi connectivity index (χ2v) is 7.49. The van der Waals surface area contributed by atoms with E-state index in [0.717, 1.165) is 27.9 Å². The highest BCUT2D eigenvalue weighted by Crippen LogP contribution is 2.32. The van der Waals surface area contributed by atoms with Crippen LogP contribution in [0.4, 0.5) is 10.5 Å². The average molecular weight is 437 g/mol. The number of benzene rings is 2. The number of aryl methyl sites for hydroxylation is 1. The summed E-state index contributed by atoms with van der Waals surface area (Å²) in [6.45, 7) is 0.272. The monoisotopic (exact) mass is 435 g/mol. The summed E-state index contributed by atoms with van der Waals surface area (Å²) >= 11 is 9.34. The van der Waals surface area contributed by atoms with Crippen molar-refractivity contribution in [3.8, 4) is 0 Å². The fourth-order valence-corrected chi connectivity index (χ4v) is 3.46. The number of hydrogen-bond acceptors (Lipinski definition) is 2. The molecule has 0 aromatic heterocycles. The molecule has 0 bridgehead atoms. The highest BCUT2D eigenvalue weighted by atomic mass is 79.9. The first-order chi connectivity index (χ1) is 12.5. The molecule has 1 unspecified atom stereocenters. The van der Waals surface area contributed by atoms with Gasteiger partial charge >= 0.3 is 6.03 Å². The molecule has 0 spiro atoms. The van der Waals surface area contributed by atoms with Gasteiger partial charge in [-0.2, -0.15) is 0 Å². The molecule has 136 valence electrons. The minimum atomic E-state index is -0.332. The Morgan fingerprint density at radius 2 is 1.92 bits per heavy atom. The molecule has 2 aromatic rings. The Morgan fingerprint density at radius 3 is 2.69 bits per heavy atom. The molecule has 2 aromatic carbocycles. The third kappa shape index (κ3) is 4.99. The van der Waals surface area contributed by atoms with Crippen molar-refractivity contribution in [2.24, 2.45) is 0 Å². The lowest BCUT2D eigenvalue weighted by Crippen LogP contribution is -2.34. The molecular weight excluding hydrogens is 418 g/mol. The van der Waals surface area contributed by atoms with Crippen LogP contribution in [0, 0.1) is 0 Å². The first-order valence-electron chi connectivity index (χ1n) is 8.39. The molecule has 26 heavy (non-hydrogen) atoms. The Labute approximate surface area is 165 Å².